The lowest BCUT2D eigenvalue weighted by Gasteiger charge is -2.26. The molecule has 0 bridgehead atoms. The van der Waals surface area contributed by atoms with E-state index in [0.29, 0.717) is 28.9 Å². The Morgan fingerprint density at radius 3 is 2.55 bits per heavy atom. The maximum absolute atomic E-state index is 12.1. The molecule has 2 rings (SSSR count). The van der Waals surface area contributed by atoms with Crippen LogP contribution in [-0.4, -0.2) is 25.2 Å². The maximum atomic E-state index is 12.1. The van der Waals surface area contributed by atoms with Crippen LogP contribution in [0.1, 0.15) is 12.8 Å². The minimum Gasteiger partial charge on any atom is -0.381 e. The van der Waals surface area contributed by atoms with Crippen molar-refractivity contribution in [1.29, 1.82) is 0 Å². The molecule has 1 fully saturated rings. The molecule has 1 aromatic rings. The summed E-state index contributed by atoms with van der Waals surface area (Å²) in [6, 6.07) is 4.42. The number of anilines is 1. The first-order valence-corrected chi connectivity index (χ1v) is 6.93. The highest BCUT2D eigenvalue weighted by Gasteiger charge is 2.26. The van der Waals surface area contributed by atoms with E-state index in [4.69, 9.17) is 33.7 Å². The molecule has 1 aliphatic heterocycles. The fraction of sp³-hybridized carbons (Fsp3) is 0.462. The molecular formula is C13H17Cl3N2O2. The van der Waals surface area contributed by atoms with Gasteiger partial charge in [-0.3, -0.25) is 4.79 Å². The molecule has 0 aliphatic carbocycles. The van der Waals surface area contributed by atoms with Gasteiger partial charge >= 0.3 is 0 Å². The Bertz CT molecular complexity index is 465. The summed E-state index contributed by atoms with van der Waals surface area (Å²) in [5.74, 6) is -0.0400. The van der Waals surface area contributed by atoms with E-state index < -0.39 is 6.04 Å². The molecule has 1 aromatic carbocycles. The minimum atomic E-state index is -0.529. The summed E-state index contributed by atoms with van der Waals surface area (Å²) in [5.41, 5.74) is 6.58. The molecule has 4 nitrogen and oxygen atoms in total. The molecule has 3 N–H and O–H groups in total. The maximum Gasteiger partial charge on any atom is 0.241 e. The van der Waals surface area contributed by atoms with E-state index in [0.717, 1.165) is 12.8 Å². The number of nitrogens with one attached hydrogen (secondary N) is 1. The number of hydrogen-bond donors (Lipinski definition) is 2. The van der Waals surface area contributed by atoms with Crippen LogP contribution in [0.5, 0.6) is 0 Å². The van der Waals surface area contributed by atoms with Crippen LogP contribution in [-0.2, 0) is 9.53 Å². The number of benzene rings is 1. The van der Waals surface area contributed by atoms with Gasteiger partial charge in [0.05, 0.1) is 16.1 Å². The van der Waals surface area contributed by atoms with Crippen molar-refractivity contribution in [2.75, 3.05) is 18.5 Å². The number of nitrogens with two attached hydrogens (primary N) is 1. The zero-order chi connectivity index (χ0) is 13.8. The lowest BCUT2D eigenvalue weighted by molar-refractivity contribution is -0.119. The van der Waals surface area contributed by atoms with Gasteiger partial charge in [0.25, 0.3) is 0 Å². The first-order valence-electron chi connectivity index (χ1n) is 6.17. The standard InChI is InChI=1S/C13H16Cl2N2O2.ClH/c14-10-2-1-9(7-11(10)15)17-13(18)12(16)8-3-5-19-6-4-8;/h1-2,7-8,12H,3-6,16H2,(H,17,18);1H. The fourth-order valence-electron chi connectivity index (χ4n) is 2.09. The first kappa shape index (κ1) is 17.5. The molecule has 1 aliphatic rings. The van der Waals surface area contributed by atoms with Gasteiger partial charge in [-0.05, 0) is 37.0 Å². The quantitative estimate of drug-likeness (QED) is 0.889. The van der Waals surface area contributed by atoms with Crippen molar-refractivity contribution in [3.63, 3.8) is 0 Å². The number of rotatable bonds is 3. The highest BCUT2D eigenvalue weighted by molar-refractivity contribution is 6.42. The molecule has 7 heteroatoms. The smallest absolute Gasteiger partial charge is 0.241 e. The molecule has 1 unspecified atom stereocenters. The highest BCUT2D eigenvalue weighted by atomic mass is 35.5. The Kier molecular flexibility index (Phi) is 7.06. The van der Waals surface area contributed by atoms with E-state index in [1.165, 1.54) is 0 Å². The van der Waals surface area contributed by atoms with Gasteiger partial charge in [0, 0.05) is 18.9 Å². The van der Waals surface area contributed by atoms with Crippen molar-refractivity contribution >= 4 is 47.2 Å². The van der Waals surface area contributed by atoms with Gasteiger partial charge < -0.3 is 15.8 Å². The lowest BCUT2D eigenvalue weighted by atomic mass is 9.92. The van der Waals surface area contributed by atoms with Crippen molar-refractivity contribution in [2.45, 2.75) is 18.9 Å². The van der Waals surface area contributed by atoms with Crippen molar-refractivity contribution in [2.24, 2.45) is 11.7 Å². The molecular weight excluding hydrogens is 323 g/mol. The summed E-state index contributed by atoms with van der Waals surface area (Å²) < 4.78 is 5.26. The number of carbonyl (C=O) groups is 1. The van der Waals surface area contributed by atoms with Gasteiger partial charge in [0.2, 0.25) is 5.91 Å². The molecule has 1 atom stereocenters. The van der Waals surface area contributed by atoms with Crippen molar-refractivity contribution in [1.82, 2.24) is 0 Å². The van der Waals surface area contributed by atoms with Crippen LogP contribution in [0.4, 0.5) is 5.69 Å². The van der Waals surface area contributed by atoms with Gasteiger partial charge in [-0.2, -0.15) is 0 Å². The molecule has 20 heavy (non-hydrogen) atoms. The average molecular weight is 340 g/mol. The molecule has 1 heterocycles. The van der Waals surface area contributed by atoms with Gasteiger partial charge in [0.15, 0.2) is 0 Å². The molecule has 0 saturated carbocycles. The molecule has 0 radical (unpaired) electrons. The van der Waals surface area contributed by atoms with E-state index in [-0.39, 0.29) is 24.2 Å². The fourth-order valence-corrected chi connectivity index (χ4v) is 2.39. The Hall–Kier alpha value is -0.520. The van der Waals surface area contributed by atoms with Crippen LogP contribution in [0.15, 0.2) is 18.2 Å². The minimum absolute atomic E-state index is 0. The van der Waals surface area contributed by atoms with E-state index in [1.807, 2.05) is 0 Å². The van der Waals surface area contributed by atoms with Crippen LogP contribution in [0.2, 0.25) is 10.0 Å². The Morgan fingerprint density at radius 1 is 1.30 bits per heavy atom. The normalized spacial score (nSPS) is 17.1. The van der Waals surface area contributed by atoms with E-state index in [1.54, 1.807) is 18.2 Å². The molecule has 0 aromatic heterocycles. The van der Waals surface area contributed by atoms with Gasteiger partial charge in [-0.1, -0.05) is 23.2 Å². The van der Waals surface area contributed by atoms with Crippen LogP contribution in [0.3, 0.4) is 0 Å². The number of carbonyl (C=O) groups excluding carboxylic acids is 1. The predicted octanol–water partition coefficient (Wildman–Crippen LogP) is 3.11. The Labute approximate surface area is 134 Å². The van der Waals surface area contributed by atoms with Gasteiger partial charge in [-0.25, -0.2) is 0 Å². The second-order valence-corrected chi connectivity index (χ2v) is 5.41. The Balaban J connectivity index is 0.00000200. The van der Waals surface area contributed by atoms with Crippen molar-refractivity contribution < 1.29 is 9.53 Å². The summed E-state index contributed by atoms with van der Waals surface area (Å²) in [5, 5.41) is 3.61. The van der Waals surface area contributed by atoms with E-state index >= 15 is 0 Å². The third kappa shape index (κ3) is 4.50. The number of halogens is 3. The SMILES string of the molecule is Cl.NC(C(=O)Nc1ccc(Cl)c(Cl)c1)C1CCOCC1. The van der Waals surface area contributed by atoms with Crippen LogP contribution >= 0.6 is 35.6 Å². The zero-order valence-electron chi connectivity index (χ0n) is 10.8. The summed E-state index contributed by atoms with van der Waals surface area (Å²) in [6.45, 7) is 1.33. The van der Waals surface area contributed by atoms with Crippen LogP contribution < -0.4 is 11.1 Å². The lowest BCUT2D eigenvalue weighted by Crippen LogP contribution is -2.43. The topological polar surface area (TPSA) is 64.4 Å². The number of ether oxygens (including phenoxy) is 1. The third-order valence-electron chi connectivity index (χ3n) is 3.26. The second-order valence-electron chi connectivity index (χ2n) is 4.59. The van der Waals surface area contributed by atoms with Crippen molar-refractivity contribution in [3.05, 3.63) is 28.2 Å². The van der Waals surface area contributed by atoms with Crippen LogP contribution in [0, 0.1) is 5.92 Å². The molecule has 112 valence electrons. The number of amides is 1. The molecule has 1 amide bonds. The summed E-state index contributed by atoms with van der Waals surface area (Å²) in [6.07, 6.45) is 1.63. The highest BCUT2D eigenvalue weighted by Crippen LogP contribution is 2.25. The zero-order valence-corrected chi connectivity index (χ0v) is 13.1. The molecule has 1 saturated heterocycles. The Morgan fingerprint density at radius 2 is 1.95 bits per heavy atom. The summed E-state index contributed by atoms with van der Waals surface area (Å²) in [4.78, 5) is 12.1. The predicted molar refractivity (Wildman–Crippen MR) is 83.9 cm³/mol. The average Bonchev–Trinajstić information content (AvgIpc) is 2.43. The second kappa shape index (κ2) is 8.05. The van der Waals surface area contributed by atoms with Crippen molar-refractivity contribution in [3.8, 4) is 0 Å². The van der Waals surface area contributed by atoms with Crippen LogP contribution in [0.25, 0.3) is 0 Å². The number of hydrogen-bond acceptors (Lipinski definition) is 3. The molecule has 0 spiro atoms. The largest absolute Gasteiger partial charge is 0.381 e. The van der Waals surface area contributed by atoms with Gasteiger partial charge in [0.1, 0.15) is 0 Å². The summed E-state index contributed by atoms with van der Waals surface area (Å²) >= 11 is 11.7. The first-order chi connectivity index (χ1) is 9.08. The van der Waals surface area contributed by atoms with Gasteiger partial charge in [-0.15, -0.1) is 12.4 Å². The van der Waals surface area contributed by atoms with E-state index in [2.05, 4.69) is 5.32 Å². The summed E-state index contributed by atoms with van der Waals surface area (Å²) in [7, 11) is 0. The van der Waals surface area contributed by atoms with E-state index in [9.17, 15) is 4.79 Å². The monoisotopic (exact) mass is 338 g/mol. The third-order valence-corrected chi connectivity index (χ3v) is 4.00.